The Morgan fingerprint density at radius 3 is 2.70 bits per heavy atom. The number of benzene rings is 1. The molecule has 0 atom stereocenters. The zero-order valence-electron chi connectivity index (χ0n) is 12.8. The van der Waals surface area contributed by atoms with Crippen LogP contribution in [-0.2, 0) is 16.0 Å². The van der Waals surface area contributed by atoms with Crippen molar-refractivity contribution in [2.75, 3.05) is 20.3 Å². The van der Waals surface area contributed by atoms with Crippen LogP contribution in [0.3, 0.4) is 0 Å². The molecule has 1 aromatic rings. The van der Waals surface area contributed by atoms with E-state index < -0.39 is 0 Å². The lowest BCUT2D eigenvalue weighted by atomic mass is 9.69. The Morgan fingerprint density at radius 2 is 2.10 bits per heavy atom. The molecule has 0 unspecified atom stereocenters. The van der Waals surface area contributed by atoms with Gasteiger partial charge in [-0.25, -0.2) is 0 Å². The number of methoxy groups -OCH3 is 1. The second-order valence-electron chi connectivity index (χ2n) is 6.17. The average Bonchev–Trinajstić information content (AvgIpc) is 2.37. The maximum absolute atomic E-state index is 12.1. The number of hydrogen-bond acceptors (Lipinski definition) is 2. The summed E-state index contributed by atoms with van der Waals surface area (Å²) in [5.74, 6) is 0.112. The van der Waals surface area contributed by atoms with Crippen molar-refractivity contribution in [2.24, 2.45) is 5.41 Å². The predicted molar refractivity (Wildman–Crippen MR) is 80.8 cm³/mol. The fraction of sp³-hybridized carbons (Fsp3) is 0.588. The van der Waals surface area contributed by atoms with E-state index >= 15 is 0 Å². The van der Waals surface area contributed by atoms with E-state index in [0.717, 1.165) is 31.6 Å². The van der Waals surface area contributed by atoms with Gasteiger partial charge in [-0.05, 0) is 37.8 Å². The monoisotopic (exact) mass is 275 g/mol. The van der Waals surface area contributed by atoms with Gasteiger partial charge >= 0.3 is 0 Å². The van der Waals surface area contributed by atoms with Gasteiger partial charge in [-0.3, -0.25) is 4.79 Å². The molecule has 0 saturated heterocycles. The molecule has 1 N–H and O–H groups in total. The number of amides is 1. The molecular weight excluding hydrogens is 250 g/mol. The molecule has 0 heterocycles. The van der Waals surface area contributed by atoms with Crippen LogP contribution in [0, 0.1) is 19.3 Å². The first-order chi connectivity index (χ1) is 9.54. The number of hydrogen-bond donors (Lipinski definition) is 1. The van der Waals surface area contributed by atoms with Crippen LogP contribution in [0.15, 0.2) is 18.2 Å². The number of rotatable bonds is 6. The van der Waals surface area contributed by atoms with Crippen LogP contribution >= 0.6 is 0 Å². The lowest BCUT2D eigenvalue weighted by Crippen LogP contribution is -2.45. The highest BCUT2D eigenvalue weighted by atomic mass is 16.5. The van der Waals surface area contributed by atoms with Crippen LogP contribution in [-0.4, -0.2) is 26.2 Å². The summed E-state index contributed by atoms with van der Waals surface area (Å²) < 4.78 is 5.28. The maximum Gasteiger partial charge on any atom is 0.224 e. The minimum atomic E-state index is 0.112. The van der Waals surface area contributed by atoms with Gasteiger partial charge in [-0.2, -0.15) is 0 Å². The SMILES string of the molecule is COCC1(CNC(=O)Cc2cc(C)ccc2C)CCC1. The minimum Gasteiger partial charge on any atom is -0.384 e. The van der Waals surface area contributed by atoms with Gasteiger partial charge in [0.2, 0.25) is 5.91 Å². The second kappa shape index (κ2) is 6.40. The maximum atomic E-state index is 12.1. The van der Waals surface area contributed by atoms with Crippen molar-refractivity contribution in [1.29, 1.82) is 0 Å². The molecule has 1 aliphatic carbocycles. The van der Waals surface area contributed by atoms with Crippen LogP contribution in [0.5, 0.6) is 0 Å². The first-order valence-corrected chi connectivity index (χ1v) is 7.36. The zero-order valence-corrected chi connectivity index (χ0v) is 12.8. The molecule has 0 radical (unpaired) electrons. The van der Waals surface area contributed by atoms with Crippen molar-refractivity contribution >= 4 is 5.91 Å². The third-order valence-electron chi connectivity index (χ3n) is 4.38. The van der Waals surface area contributed by atoms with E-state index in [0.29, 0.717) is 6.42 Å². The van der Waals surface area contributed by atoms with Gasteiger partial charge in [0.05, 0.1) is 13.0 Å². The summed E-state index contributed by atoms with van der Waals surface area (Å²) in [6, 6.07) is 6.26. The number of ether oxygens (including phenoxy) is 1. The molecule has 3 heteroatoms. The molecule has 2 rings (SSSR count). The van der Waals surface area contributed by atoms with Gasteiger partial charge in [0.1, 0.15) is 0 Å². The Labute approximate surface area is 121 Å². The lowest BCUT2D eigenvalue weighted by Gasteiger charge is -2.41. The molecule has 1 fully saturated rings. The van der Waals surface area contributed by atoms with Gasteiger partial charge in [0.25, 0.3) is 0 Å². The van der Waals surface area contributed by atoms with Crippen molar-refractivity contribution in [3.8, 4) is 0 Å². The molecule has 1 aliphatic rings. The smallest absolute Gasteiger partial charge is 0.224 e. The summed E-state index contributed by atoms with van der Waals surface area (Å²) in [7, 11) is 1.73. The van der Waals surface area contributed by atoms with Crippen molar-refractivity contribution in [1.82, 2.24) is 5.32 Å². The van der Waals surface area contributed by atoms with E-state index in [1.165, 1.54) is 17.5 Å². The predicted octanol–water partition coefficient (Wildman–Crippen LogP) is 2.78. The largest absolute Gasteiger partial charge is 0.384 e. The first kappa shape index (κ1) is 15.0. The molecule has 0 aromatic heterocycles. The standard InChI is InChI=1S/C17H25NO2/c1-13-5-6-14(2)15(9-13)10-16(19)18-11-17(12-20-3)7-4-8-17/h5-6,9H,4,7-8,10-12H2,1-3H3,(H,18,19). The Kier molecular flexibility index (Phi) is 4.81. The molecule has 20 heavy (non-hydrogen) atoms. The summed E-state index contributed by atoms with van der Waals surface area (Å²) in [6.45, 7) is 5.60. The molecule has 1 amide bonds. The number of aryl methyl sites for hydroxylation is 2. The highest BCUT2D eigenvalue weighted by Gasteiger charge is 2.37. The van der Waals surface area contributed by atoms with Gasteiger partial charge < -0.3 is 10.1 Å². The Bertz CT molecular complexity index is 478. The molecular formula is C17H25NO2. The summed E-state index contributed by atoms with van der Waals surface area (Å²) in [6.07, 6.45) is 4.03. The summed E-state index contributed by atoms with van der Waals surface area (Å²) >= 11 is 0. The fourth-order valence-corrected chi connectivity index (χ4v) is 2.87. The molecule has 110 valence electrons. The summed E-state index contributed by atoms with van der Waals surface area (Å²) in [4.78, 5) is 12.1. The van der Waals surface area contributed by atoms with Crippen molar-refractivity contribution in [3.05, 3.63) is 34.9 Å². The van der Waals surface area contributed by atoms with E-state index in [4.69, 9.17) is 4.74 Å². The highest BCUT2D eigenvalue weighted by molar-refractivity contribution is 5.79. The Balaban J connectivity index is 1.88. The van der Waals surface area contributed by atoms with E-state index in [9.17, 15) is 4.79 Å². The molecule has 0 bridgehead atoms. The molecule has 1 saturated carbocycles. The van der Waals surface area contributed by atoms with Crippen LogP contribution in [0.1, 0.15) is 36.0 Å². The minimum absolute atomic E-state index is 0.112. The van der Waals surface area contributed by atoms with Crippen molar-refractivity contribution in [2.45, 2.75) is 39.5 Å². The molecule has 0 spiro atoms. The molecule has 1 aromatic carbocycles. The van der Waals surface area contributed by atoms with Crippen LogP contribution < -0.4 is 5.32 Å². The van der Waals surface area contributed by atoms with E-state index in [1.807, 2.05) is 0 Å². The first-order valence-electron chi connectivity index (χ1n) is 7.36. The fourth-order valence-electron chi connectivity index (χ4n) is 2.87. The number of carbonyl (C=O) groups excluding carboxylic acids is 1. The zero-order chi connectivity index (χ0) is 14.6. The Hall–Kier alpha value is -1.35. The van der Waals surface area contributed by atoms with Crippen molar-refractivity contribution < 1.29 is 9.53 Å². The quantitative estimate of drug-likeness (QED) is 0.867. The molecule has 0 aliphatic heterocycles. The van der Waals surface area contributed by atoms with Crippen molar-refractivity contribution in [3.63, 3.8) is 0 Å². The second-order valence-corrected chi connectivity index (χ2v) is 6.17. The number of carbonyl (C=O) groups is 1. The van der Waals surface area contributed by atoms with E-state index in [1.54, 1.807) is 7.11 Å². The summed E-state index contributed by atoms with van der Waals surface area (Å²) in [5, 5.41) is 3.09. The lowest BCUT2D eigenvalue weighted by molar-refractivity contribution is -0.121. The normalized spacial score (nSPS) is 16.6. The average molecular weight is 275 g/mol. The third kappa shape index (κ3) is 3.60. The van der Waals surface area contributed by atoms with Crippen LogP contribution in [0.4, 0.5) is 0 Å². The summed E-state index contributed by atoms with van der Waals surface area (Å²) in [5.41, 5.74) is 3.69. The van der Waals surface area contributed by atoms with Crippen LogP contribution in [0.2, 0.25) is 0 Å². The highest BCUT2D eigenvalue weighted by Crippen LogP contribution is 2.40. The number of nitrogens with one attached hydrogen (secondary N) is 1. The van der Waals surface area contributed by atoms with Gasteiger partial charge in [-0.15, -0.1) is 0 Å². The van der Waals surface area contributed by atoms with Gasteiger partial charge in [0.15, 0.2) is 0 Å². The van der Waals surface area contributed by atoms with Crippen LogP contribution in [0.25, 0.3) is 0 Å². The molecule has 3 nitrogen and oxygen atoms in total. The van der Waals surface area contributed by atoms with E-state index in [2.05, 4.69) is 37.4 Å². The van der Waals surface area contributed by atoms with E-state index in [-0.39, 0.29) is 11.3 Å². The Morgan fingerprint density at radius 1 is 1.35 bits per heavy atom. The topological polar surface area (TPSA) is 38.3 Å². The van der Waals surface area contributed by atoms with Gasteiger partial charge in [-0.1, -0.05) is 30.2 Å². The van der Waals surface area contributed by atoms with Gasteiger partial charge in [0, 0.05) is 19.1 Å². The third-order valence-corrected chi connectivity index (χ3v) is 4.38.